The number of anilines is 1. The number of phenols is 1. The molecule has 0 atom stereocenters. The largest absolute Gasteiger partial charge is 0.508 e. The van der Waals surface area contributed by atoms with Crippen LogP contribution in [0.3, 0.4) is 0 Å². The van der Waals surface area contributed by atoms with E-state index in [2.05, 4.69) is 41.5 Å². The van der Waals surface area contributed by atoms with Gasteiger partial charge in [0.25, 0.3) is 5.91 Å². The van der Waals surface area contributed by atoms with E-state index in [1.807, 2.05) is 24.3 Å². The van der Waals surface area contributed by atoms with Crippen LogP contribution in [0, 0.1) is 0 Å². The van der Waals surface area contributed by atoms with Crippen LogP contribution in [0.4, 0.5) is 5.82 Å². The van der Waals surface area contributed by atoms with Crippen molar-refractivity contribution >= 4 is 11.7 Å². The molecule has 4 aromatic rings. The number of tetrazole rings is 1. The predicted octanol–water partition coefficient (Wildman–Crippen LogP) is 1.95. The molecule has 10 nitrogen and oxygen atoms in total. The summed E-state index contributed by atoms with van der Waals surface area (Å²) in [6.45, 7) is 0. The highest BCUT2D eigenvalue weighted by atomic mass is 16.3. The van der Waals surface area contributed by atoms with Gasteiger partial charge in [-0.3, -0.25) is 9.89 Å². The van der Waals surface area contributed by atoms with Gasteiger partial charge in [-0.2, -0.15) is 10.3 Å². The molecule has 0 saturated carbocycles. The monoisotopic (exact) mass is 404 g/mol. The van der Waals surface area contributed by atoms with Gasteiger partial charge >= 0.3 is 0 Å². The molecule has 2 aromatic heterocycles. The van der Waals surface area contributed by atoms with Crippen molar-refractivity contribution in [3.63, 3.8) is 0 Å². The Hall–Kier alpha value is -4.21. The number of amides is 1. The van der Waals surface area contributed by atoms with E-state index in [9.17, 15) is 9.90 Å². The lowest BCUT2D eigenvalue weighted by Gasteiger charge is -2.10. The molecule has 0 bridgehead atoms. The van der Waals surface area contributed by atoms with E-state index < -0.39 is 0 Å². The number of nitrogens with one attached hydrogen (secondary N) is 4. The molecule has 152 valence electrons. The lowest BCUT2D eigenvalue weighted by Crippen LogP contribution is -2.17. The Balaban J connectivity index is 1.74. The zero-order valence-electron chi connectivity index (χ0n) is 16.4. The molecule has 0 radical (unpaired) electrons. The summed E-state index contributed by atoms with van der Waals surface area (Å²) in [5.41, 5.74) is 4.37. The van der Waals surface area contributed by atoms with Crippen molar-refractivity contribution in [3.05, 3.63) is 59.2 Å². The second-order valence-electron chi connectivity index (χ2n) is 6.61. The molecule has 0 saturated heterocycles. The van der Waals surface area contributed by atoms with E-state index in [1.54, 1.807) is 32.3 Å². The Labute approximate surface area is 171 Å². The average Bonchev–Trinajstić information content (AvgIpc) is 3.44. The van der Waals surface area contributed by atoms with Crippen molar-refractivity contribution in [2.45, 2.75) is 6.42 Å². The van der Waals surface area contributed by atoms with Crippen LogP contribution in [0.5, 0.6) is 5.75 Å². The summed E-state index contributed by atoms with van der Waals surface area (Å²) < 4.78 is 0. The molecule has 2 aromatic carbocycles. The number of aromatic nitrogens is 6. The maximum atomic E-state index is 11.9. The number of aromatic hydroxyl groups is 1. The Morgan fingerprint density at radius 3 is 2.73 bits per heavy atom. The molecule has 0 unspecified atom stereocenters. The fourth-order valence-corrected chi connectivity index (χ4v) is 3.30. The van der Waals surface area contributed by atoms with Crippen molar-refractivity contribution in [3.8, 4) is 28.4 Å². The van der Waals surface area contributed by atoms with Gasteiger partial charge in [-0.25, -0.2) is 0 Å². The molecule has 5 N–H and O–H groups in total. The topological polar surface area (TPSA) is 144 Å². The maximum absolute atomic E-state index is 11.9. The smallest absolute Gasteiger partial charge is 0.251 e. The standard InChI is InChI=1S/C20H20N8O2/c1-21-18-16(17(23-24-18)19-25-27-28-26-19)12-6-7-15(29)14(10-12)9-11-4-3-5-13(8-11)20(30)22-2/h3-8,10,29H,9H2,1-2H3,(H,22,30)(H2,21,23,24)(H,25,26,27,28). The Bertz CT molecular complexity index is 1180. The van der Waals surface area contributed by atoms with E-state index >= 15 is 0 Å². The highest BCUT2D eigenvalue weighted by Crippen LogP contribution is 2.36. The fourth-order valence-electron chi connectivity index (χ4n) is 3.30. The number of H-pyrrole nitrogens is 2. The first-order valence-corrected chi connectivity index (χ1v) is 9.24. The lowest BCUT2D eigenvalue weighted by atomic mass is 9.97. The third kappa shape index (κ3) is 3.58. The number of aromatic amines is 2. The number of carbonyl (C=O) groups excluding carboxylic acids is 1. The molecular weight excluding hydrogens is 384 g/mol. The molecule has 0 aliphatic heterocycles. The first-order chi connectivity index (χ1) is 14.6. The van der Waals surface area contributed by atoms with Gasteiger partial charge < -0.3 is 15.7 Å². The van der Waals surface area contributed by atoms with Gasteiger partial charge in [-0.1, -0.05) is 18.2 Å². The van der Waals surface area contributed by atoms with Gasteiger partial charge in [0.05, 0.1) is 5.56 Å². The molecule has 4 rings (SSSR count). The minimum atomic E-state index is -0.156. The first-order valence-electron chi connectivity index (χ1n) is 9.24. The fraction of sp³-hybridized carbons (Fsp3) is 0.150. The van der Waals surface area contributed by atoms with E-state index in [0.717, 1.165) is 16.7 Å². The van der Waals surface area contributed by atoms with E-state index in [4.69, 9.17) is 0 Å². The van der Waals surface area contributed by atoms with Gasteiger partial charge in [0.1, 0.15) is 11.4 Å². The van der Waals surface area contributed by atoms with Crippen LogP contribution >= 0.6 is 0 Å². The normalized spacial score (nSPS) is 10.7. The van der Waals surface area contributed by atoms with Crippen molar-refractivity contribution in [1.82, 2.24) is 36.1 Å². The summed E-state index contributed by atoms with van der Waals surface area (Å²) in [4.78, 5) is 11.9. The van der Waals surface area contributed by atoms with Crippen molar-refractivity contribution in [2.24, 2.45) is 0 Å². The highest BCUT2D eigenvalue weighted by molar-refractivity contribution is 5.94. The molecule has 0 fully saturated rings. The predicted molar refractivity (Wildman–Crippen MR) is 111 cm³/mol. The maximum Gasteiger partial charge on any atom is 0.251 e. The molecule has 0 aliphatic carbocycles. The summed E-state index contributed by atoms with van der Waals surface area (Å²) in [5.74, 6) is 1.01. The molecule has 10 heteroatoms. The molecule has 2 heterocycles. The van der Waals surface area contributed by atoms with E-state index in [1.165, 1.54) is 0 Å². The number of benzene rings is 2. The van der Waals surface area contributed by atoms with E-state index in [0.29, 0.717) is 34.9 Å². The summed E-state index contributed by atoms with van der Waals surface area (Å²) in [6.07, 6.45) is 0.453. The summed E-state index contributed by atoms with van der Waals surface area (Å²) in [6, 6.07) is 12.6. The van der Waals surface area contributed by atoms with Crippen LogP contribution < -0.4 is 10.6 Å². The van der Waals surface area contributed by atoms with Gasteiger partial charge in [0, 0.05) is 26.1 Å². The van der Waals surface area contributed by atoms with E-state index in [-0.39, 0.29) is 11.7 Å². The van der Waals surface area contributed by atoms with Crippen LogP contribution in [-0.2, 0) is 6.42 Å². The number of nitrogens with zero attached hydrogens (tertiary/aromatic N) is 4. The van der Waals surface area contributed by atoms with Gasteiger partial charge in [-0.15, -0.1) is 10.2 Å². The van der Waals surface area contributed by atoms with Gasteiger partial charge in [-0.05, 0) is 46.2 Å². The molecule has 0 aliphatic rings. The number of hydrogen-bond acceptors (Lipinski definition) is 7. The van der Waals surface area contributed by atoms with Crippen molar-refractivity contribution < 1.29 is 9.90 Å². The Morgan fingerprint density at radius 2 is 2.00 bits per heavy atom. The van der Waals surface area contributed by atoms with Gasteiger partial charge in [0.15, 0.2) is 5.82 Å². The number of carbonyl (C=O) groups is 1. The minimum Gasteiger partial charge on any atom is -0.508 e. The van der Waals surface area contributed by atoms with Crippen LogP contribution in [0.1, 0.15) is 21.5 Å². The van der Waals surface area contributed by atoms with Crippen molar-refractivity contribution in [2.75, 3.05) is 19.4 Å². The lowest BCUT2D eigenvalue weighted by molar-refractivity contribution is 0.0963. The third-order valence-corrected chi connectivity index (χ3v) is 4.75. The average molecular weight is 404 g/mol. The summed E-state index contributed by atoms with van der Waals surface area (Å²) >= 11 is 0. The highest BCUT2D eigenvalue weighted by Gasteiger charge is 2.20. The third-order valence-electron chi connectivity index (χ3n) is 4.75. The van der Waals surface area contributed by atoms with Crippen LogP contribution in [0.2, 0.25) is 0 Å². The number of phenolic OH excluding ortho intramolecular Hbond substituents is 1. The zero-order chi connectivity index (χ0) is 21.1. The Kier molecular flexibility index (Phi) is 5.12. The summed E-state index contributed by atoms with van der Waals surface area (Å²) in [5, 5.41) is 37.4. The van der Waals surface area contributed by atoms with Crippen LogP contribution in [0.15, 0.2) is 42.5 Å². The summed E-state index contributed by atoms with van der Waals surface area (Å²) in [7, 11) is 3.36. The van der Waals surface area contributed by atoms with Crippen LogP contribution in [0.25, 0.3) is 22.6 Å². The number of hydrogen-bond donors (Lipinski definition) is 5. The van der Waals surface area contributed by atoms with Crippen LogP contribution in [-0.4, -0.2) is 55.9 Å². The van der Waals surface area contributed by atoms with Gasteiger partial charge in [0.2, 0.25) is 5.82 Å². The SMILES string of the molecule is CNC(=O)c1cccc(Cc2cc(-c3c(NC)n[nH]c3-c3nn[nH]n3)ccc2O)c1. The minimum absolute atomic E-state index is 0.156. The first kappa shape index (κ1) is 19.1. The zero-order valence-corrected chi connectivity index (χ0v) is 16.4. The number of rotatable bonds is 6. The molecular formula is C20H20N8O2. The van der Waals surface area contributed by atoms with Crippen molar-refractivity contribution in [1.29, 1.82) is 0 Å². The quantitative estimate of drug-likeness (QED) is 0.330. The second kappa shape index (κ2) is 8.03. The molecule has 30 heavy (non-hydrogen) atoms. The second-order valence-corrected chi connectivity index (χ2v) is 6.61. The molecule has 0 spiro atoms. The Morgan fingerprint density at radius 1 is 1.13 bits per heavy atom. The molecule has 1 amide bonds.